The average molecular weight is 252 g/mol. The topological polar surface area (TPSA) is 85.8 Å². The van der Waals surface area contributed by atoms with E-state index in [1.165, 1.54) is 17.1 Å². The van der Waals surface area contributed by atoms with E-state index in [0.29, 0.717) is 16.4 Å². The molecule has 0 saturated heterocycles. The molecule has 0 aliphatic heterocycles. The van der Waals surface area contributed by atoms with Gasteiger partial charge >= 0.3 is 0 Å². The van der Waals surface area contributed by atoms with E-state index in [1.807, 2.05) is 0 Å². The Kier molecular flexibility index (Phi) is 2.97. The van der Waals surface area contributed by atoms with Gasteiger partial charge in [-0.1, -0.05) is 11.6 Å². The van der Waals surface area contributed by atoms with Crippen LogP contribution in [0.1, 0.15) is 10.5 Å². The number of nitrogen functional groups attached to an aromatic ring is 1. The highest BCUT2D eigenvalue weighted by Gasteiger charge is 2.15. The van der Waals surface area contributed by atoms with Crippen LogP contribution in [0.2, 0.25) is 5.02 Å². The van der Waals surface area contributed by atoms with E-state index in [0.717, 1.165) is 0 Å². The van der Waals surface area contributed by atoms with Crippen LogP contribution in [0, 0.1) is 0 Å². The number of halogens is 1. The zero-order valence-corrected chi connectivity index (χ0v) is 9.77. The number of nitrogens with one attached hydrogen (secondary N) is 1. The van der Waals surface area contributed by atoms with Crippen molar-refractivity contribution in [3.05, 3.63) is 35.4 Å². The Balaban J connectivity index is 2.23. The van der Waals surface area contributed by atoms with E-state index in [4.69, 9.17) is 17.3 Å². The summed E-state index contributed by atoms with van der Waals surface area (Å²) in [7, 11) is 1.68. The molecule has 0 aliphatic rings. The zero-order chi connectivity index (χ0) is 12.4. The molecule has 2 rings (SSSR count). The molecule has 6 nitrogen and oxygen atoms in total. The largest absolute Gasteiger partial charge is 0.396 e. The Morgan fingerprint density at radius 1 is 1.59 bits per heavy atom. The Morgan fingerprint density at radius 2 is 2.35 bits per heavy atom. The third-order valence-corrected chi connectivity index (χ3v) is 2.42. The maximum Gasteiger partial charge on any atom is 0.278 e. The first-order valence-corrected chi connectivity index (χ1v) is 5.15. The molecule has 7 heteroatoms. The van der Waals surface area contributed by atoms with Crippen LogP contribution in [0.25, 0.3) is 0 Å². The molecule has 3 N–H and O–H groups in total. The lowest BCUT2D eigenvalue weighted by molar-refractivity contribution is 0.102. The van der Waals surface area contributed by atoms with Crippen molar-refractivity contribution in [2.45, 2.75) is 0 Å². The van der Waals surface area contributed by atoms with Gasteiger partial charge < -0.3 is 11.1 Å². The standard InChI is InChI=1S/C10H10ClN5O/c1-16-5-7(12)9(15-16)10(17)14-8-4-13-3-2-6(8)11/h2-5H,12H2,1H3,(H,14,17). The van der Waals surface area contributed by atoms with Gasteiger partial charge in [-0.3, -0.25) is 14.5 Å². The lowest BCUT2D eigenvalue weighted by atomic mass is 10.3. The predicted molar refractivity (Wildman–Crippen MR) is 64.8 cm³/mol. The van der Waals surface area contributed by atoms with Gasteiger partial charge in [0.25, 0.3) is 5.91 Å². The fourth-order valence-corrected chi connectivity index (χ4v) is 1.49. The molecule has 0 saturated carbocycles. The Hall–Kier alpha value is -2.08. The third-order valence-electron chi connectivity index (χ3n) is 2.09. The van der Waals surface area contributed by atoms with Crippen molar-refractivity contribution in [2.24, 2.45) is 7.05 Å². The van der Waals surface area contributed by atoms with Gasteiger partial charge in [-0.05, 0) is 6.07 Å². The maximum absolute atomic E-state index is 11.8. The molecule has 0 unspecified atom stereocenters. The average Bonchev–Trinajstić information content (AvgIpc) is 2.61. The van der Waals surface area contributed by atoms with Gasteiger partial charge in [-0.15, -0.1) is 0 Å². The number of hydrogen-bond acceptors (Lipinski definition) is 4. The normalized spacial score (nSPS) is 10.2. The van der Waals surface area contributed by atoms with Crippen LogP contribution >= 0.6 is 11.6 Å². The molecule has 88 valence electrons. The molecule has 0 aliphatic carbocycles. The van der Waals surface area contributed by atoms with Gasteiger partial charge in [0.2, 0.25) is 0 Å². The van der Waals surface area contributed by atoms with Crippen LogP contribution in [0.3, 0.4) is 0 Å². The molecule has 0 fully saturated rings. The second-order valence-corrected chi connectivity index (χ2v) is 3.82. The van der Waals surface area contributed by atoms with E-state index < -0.39 is 5.91 Å². The highest BCUT2D eigenvalue weighted by atomic mass is 35.5. The van der Waals surface area contributed by atoms with Crippen LogP contribution < -0.4 is 11.1 Å². The summed E-state index contributed by atoms with van der Waals surface area (Å²) in [6.45, 7) is 0. The molecular weight excluding hydrogens is 242 g/mol. The van der Waals surface area contributed by atoms with Crippen molar-refractivity contribution in [3.8, 4) is 0 Å². The summed E-state index contributed by atoms with van der Waals surface area (Å²) in [4.78, 5) is 15.7. The van der Waals surface area contributed by atoms with Crippen LogP contribution in [-0.4, -0.2) is 20.7 Å². The molecule has 2 heterocycles. The minimum atomic E-state index is -0.419. The number of aryl methyl sites for hydroxylation is 1. The molecular formula is C10H10ClN5O. The minimum Gasteiger partial charge on any atom is -0.396 e. The van der Waals surface area contributed by atoms with Crippen molar-refractivity contribution in [1.29, 1.82) is 0 Å². The van der Waals surface area contributed by atoms with Crippen molar-refractivity contribution >= 4 is 28.9 Å². The van der Waals surface area contributed by atoms with Crippen LogP contribution in [0.4, 0.5) is 11.4 Å². The first-order chi connectivity index (χ1) is 8.08. The summed E-state index contributed by atoms with van der Waals surface area (Å²) in [6.07, 6.45) is 4.55. The third kappa shape index (κ3) is 2.36. The number of hydrogen-bond donors (Lipinski definition) is 2. The molecule has 1 amide bonds. The highest BCUT2D eigenvalue weighted by molar-refractivity contribution is 6.33. The molecule has 0 aromatic carbocycles. The lowest BCUT2D eigenvalue weighted by Crippen LogP contribution is -2.15. The van der Waals surface area contributed by atoms with Crippen LogP contribution in [0.5, 0.6) is 0 Å². The Labute approximate surface area is 102 Å². The lowest BCUT2D eigenvalue weighted by Gasteiger charge is -2.04. The number of carbonyl (C=O) groups excluding carboxylic acids is 1. The number of nitrogens with zero attached hydrogens (tertiary/aromatic N) is 3. The molecule has 0 atom stereocenters. The maximum atomic E-state index is 11.8. The fourth-order valence-electron chi connectivity index (χ4n) is 1.33. The number of rotatable bonds is 2. The second-order valence-electron chi connectivity index (χ2n) is 3.42. The molecule has 0 radical (unpaired) electrons. The first-order valence-electron chi connectivity index (χ1n) is 4.78. The molecule has 0 bridgehead atoms. The van der Waals surface area contributed by atoms with Gasteiger partial charge in [-0.2, -0.15) is 5.10 Å². The number of carbonyl (C=O) groups is 1. The summed E-state index contributed by atoms with van der Waals surface area (Å²) in [5.74, 6) is -0.419. The van der Waals surface area contributed by atoms with Crippen molar-refractivity contribution < 1.29 is 4.79 Å². The number of aromatic nitrogens is 3. The van der Waals surface area contributed by atoms with Crippen molar-refractivity contribution in [2.75, 3.05) is 11.1 Å². The number of anilines is 2. The van der Waals surface area contributed by atoms with Crippen LogP contribution in [0.15, 0.2) is 24.7 Å². The quantitative estimate of drug-likeness (QED) is 0.842. The van der Waals surface area contributed by atoms with Crippen molar-refractivity contribution in [3.63, 3.8) is 0 Å². The van der Waals surface area contributed by atoms with E-state index in [9.17, 15) is 4.79 Å². The Bertz CT molecular complexity index is 566. The van der Waals surface area contributed by atoms with E-state index >= 15 is 0 Å². The molecule has 0 spiro atoms. The van der Waals surface area contributed by atoms with E-state index in [1.54, 1.807) is 19.3 Å². The Morgan fingerprint density at radius 3 is 2.94 bits per heavy atom. The highest BCUT2D eigenvalue weighted by Crippen LogP contribution is 2.20. The van der Waals surface area contributed by atoms with Gasteiger partial charge in [0.05, 0.1) is 22.6 Å². The van der Waals surface area contributed by atoms with E-state index in [2.05, 4.69) is 15.4 Å². The minimum absolute atomic E-state index is 0.160. The molecule has 17 heavy (non-hydrogen) atoms. The van der Waals surface area contributed by atoms with E-state index in [-0.39, 0.29) is 5.69 Å². The van der Waals surface area contributed by atoms with Crippen LogP contribution in [-0.2, 0) is 7.05 Å². The zero-order valence-electron chi connectivity index (χ0n) is 9.01. The molecule has 2 aromatic rings. The summed E-state index contributed by atoms with van der Waals surface area (Å²) in [5, 5.41) is 6.95. The SMILES string of the molecule is Cn1cc(N)c(C(=O)Nc2cnccc2Cl)n1. The monoisotopic (exact) mass is 251 g/mol. The smallest absolute Gasteiger partial charge is 0.278 e. The van der Waals surface area contributed by atoms with Gasteiger partial charge in [0.1, 0.15) is 0 Å². The fraction of sp³-hybridized carbons (Fsp3) is 0.100. The summed E-state index contributed by atoms with van der Waals surface area (Å²) >= 11 is 5.89. The van der Waals surface area contributed by atoms with Crippen molar-refractivity contribution in [1.82, 2.24) is 14.8 Å². The predicted octanol–water partition coefficient (Wildman–Crippen LogP) is 1.30. The summed E-state index contributed by atoms with van der Waals surface area (Å²) < 4.78 is 1.47. The second kappa shape index (κ2) is 4.42. The first kappa shape index (κ1) is 11.4. The number of amides is 1. The van der Waals surface area contributed by atoms with Gasteiger partial charge in [0.15, 0.2) is 5.69 Å². The number of nitrogens with two attached hydrogens (primary N) is 1. The number of pyridine rings is 1. The van der Waals surface area contributed by atoms with Gasteiger partial charge in [0, 0.05) is 19.4 Å². The summed E-state index contributed by atoms with van der Waals surface area (Å²) in [6, 6.07) is 1.58. The van der Waals surface area contributed by atoms with Gasteiger partial charge in [-0.25, -0.2) is 0 Å². The summed E-state index contributed by atoms with van der Waals surface area (Å²) in [5.41, 5.74) is 6.53. The molecule has 2 aromatic heterocycles.